The number of carbonyl (C=O) groups is 1. The van der Waals surface area contributed by atoms with Crippen LogP contribution in [0.25, 0.3) is 11.1 Å². The third-order valence-corrected chi connectivity index (χ3v) is 8.03. The van der Waals surface area contributed by atoms with E-state index in [2.05, 4.69) is 4.98 Å². The second kappa shape index (κ2) is 10.8. The first-order chi connectivity index (χ1) is 16.0. The molecule has 0 spiro atoms. The smallest absolute Gasteiger partial charge is 0.247 e. The Labute approximate surface area is 202 Å². The minimum atomic E-state index is -3.92. The average molecular weight is 491 g/mol. The number of aliphatic hydroxyl groups is 1. The molecule has 1 amide bonds. The van der Waals surface area contributed by atoms with Gasteiger partial charge in [-0.05, 0) is 56.4 Å². The third-order valence-electron chi connectivity index (χ3n) is 6.01. The van der Waals surface area contributed by atoms with Gasteiger partial charge in [0.1, 0.15) is 16.7 Å². The second-order valence-electron chi connectivity index (χ2n) is 9.15. The van der Waals surface area contributed by atoms with Gasteiger partial charge in [-0.1, -0.05) is 13.0 Å². The minimum absolute atomic E-state index is 0.0461. The molecule has 10 heteroatoms. The first-order valence-corrected chi connectivity index (χ1v) is 12.7. The molecule has 34 heavy (non-hydrogen) atoms. The Morgan fingerprint density at radius 2 is 1.88 bits per heavy atom. The van der Waals surface area contributed by atoms with Gasteiger partial charge in [-0.25, -0.2) is 8.42 Å². The van der Waals surface area contributed by atoms with E-state index in [4.69, 9.17) is 4.74 Å². The summed E-state index contributed by atoms with van der Waals surface area (Å²) < 4.78 is 34.8. The highest BCUT2D eigenvalue weighted by molar-refractivity contribution is 7.89. The van der Waals surface area contributed by atoms with E-state index < -0.39 is 22.2 Å². The molecule has 186 valence electrons. The number of aliphatic hydroxyl groups excluding tert-OH is 1. The number of pyridine rings is 1. The largest absolute Gasteiger partial charge is 0.487 e. The Bertz CT molecular complexity index is 1090. The maximum atomic E-state index is 13.6. The Hall–Kier alpha value is -2.53. The lowest BCUT2D eigenvalue weighted by Crippen LogP contribution is -2.50. The quantitative estimate of drug-likeness (QED) is 0.628. The zero-order valence-electron chi connectivity index (χ0n) is 20.4. The summed E-state index contributed by atoms with van der Waals surface area (Å²) in [5.41, 5.74) is 1.67. The normalized spacial score (nSPS) is 21.1. The lowest BCUT2D eigenvalue weighted by molar-refractivity contribution is -0.132. The van der Waals surface area contributed by atoms with Crippen LogP contribution in [0.4, 0.5) is 0 Å². The molecule has 1 aromatic heterocycles. The van der Waals surface area contributed by atoms with Gasteiger partial charge in [0.25, 0.3) is 0 Å². The Kier molecular flexibility index (Phi) is 8.29. The second-order valence-corrected chi connectivity index (χ2v) is 11.0. The molecule has 1 aromatic carbocycles. The van der Waals surface area contributed by atoms with Crippen molar-refractivity contribution in [2.24, 2.45) is 5.92 Å². The first kappa shape index (κ1) is 26.1. The lowest BCUT2D eigenvalue weighted by Gasteiger charge is -2.37. The van der Waals surface area contributed by atoms with Crippen molar-refractivity contribution >= 4 is 15.9 Å². The first-order valence-electron chi connectivity index (χ1n) is 11.3. The average Bonchev–Trinajstić information content (AvgIpc) is 2.80. The van der Waals surface area contributed by atoms with Gasteiger partial charge < -0.3 is 19.6 Å². The molecule has 2 heterocycles. The molecule has 0 saturated heterocycles. The molecule has 1 aliphatic rings. The molecule has 0 bridgehead atoms. The van der Waals surface area contributed by atoms with E-state index in [0.29, 0.717) is 6.54 Å². The molecular weight excluding hydrogens is 456 g/mol. The summed E-state index contributed by atoms with van der Waals surface area (Å²) >= 11 is 0. The molecule has 0 fully saturated rings. The number of rotatable bonds is 7. The summed E-state index contributed by atoms with van der Waals surface area (Å²) in [5, 5.41) is 9.78. The summed E-state index contributed by atoms with van der Waals surface area (Å²) in [4.78, 5) is 20.1. The van der Waals surface area contributed by atoms with E-state index in [-0.39, 0.29) is 42.2 Å². The Morgan fingerprint density at radius 3 is 2.50 bits per heavy atom. The van der Waals surface area contributed by atoms with Crippen LogP contribution in [0.1, 0.15) is 13.8 Å². The van der Waals surface area contributed by atoms with Crippen molar-refractivity contribution in [2.75, 3.05) is 47.4 Å². The molecular formula is C24H34N4O5S. The van der Waals surface area contributed by atoms with Crippen molar-refractivity contribution in [3.05, 3.63) is 42.7 Å². The van der Waals surface area contributed by atoms with Crippen LogP contribution < -0.4 is 4.74 Å². The van der Waals surface area contributed by atoms with Crippen LogP contribution >= 0.6 is 0 Å². The number of fused-ring (bicyclic) bond motifs is 1. The van der Waals surface area contributed by atoms with Gasteiger partial charge in [-0.15, -0.1) is 0 Å². The van der Waals surface area contributed by atoms with Crippen molar-refractivity contribution < 1.29 is 23.1 Å². The number of carbonyl (C=O) groups excluding carboxylic acids is 1. The van der Waals surface area contributed by atoms with E-state index in [1.54, 1.807) is 54.4 Å². The van der Waals surface area contributed by atoms with Gasteiger partial charge in [0, 0.05) is 37.9 Å². The van der Waals surface area contributed by atoms with Crippen molar-refractivity contribution in [1.29, 1.82) is 0 Å². The Balaban J connectivity index is 2.06. The van der Waals surface area contributed by atoms with Gasteiger partial charge in [0.2, 0.25) is 15.9 Å². The molecule has 1 N–H and O–H groups in total. The van der Waals surface area contributed by atoms with Crippen LogP contribution in [0.3, 0.4) is 0 Å². The lowest BCUT2D eigenvalue weighted by atomic mass is 10.0. The molecule has 0 aliphatic carbocycles. The number of benzene rings is 1. The van der Waals surface area contributed by atoms with E-state index in [1.807, 2.05) is 33.2 Å². The minimum Gasteiger partial charge on any atom is -0.487 e. The Morgan fingerprint density at radius 1 is 1.21 bits per heavy atom. The van der Waals surface area contributed by atoms with Crippen LogP contribution in [0.5, 0.6) is 5.75 Å². The molecule has 0 unspecified atom stereocenters. The van der Waals surface area contributed by atoms with Crippen molar-refractivity contribution in [2.45, 2.75) is 30.9 Å². The van der Waals surface area contributed by atoms with Crippen molar-refractivity contribution in [3.63, 3.8) is 0 Å². The highest BCUT2D eigenvalue weighted by Crippen LogP contribution is 2.36. The molecule has 2 aromatic rings. The van der Waals surface area contributed by atoms with Crippen LogP contribution in [0.2, 0.25) is 0 Å². The standard InChI is InChI=1S/C24H34N4O5S/c1-17-13-28(18(2)16-29)34(31,32)23-7-6-20(19-8-10-25-11-9-19)12-21(23)33-22(17)14-27(5)24(30)15-26(3)4/h6-12,17-18,22,29H,13-16H2,1-5H3/t17-,18-,22+/m0/s1. The highest BCUT2D eigenvalue weighted by Gasteiger charge is 2.38. The summed E-state index contributed by atoms with van der Waals surface area (Å²) in [6.07, 6.45) is 2.89. The van der Waals surface area contributed by atoms with Gasteiger partial charge >= 0.3 is 0 Å². The predicted molar refractivity (Wildman–Crippen MR) is 130 cm³/mol. The van der Waals surface area contributed by atoms with E-state index in [0.717, 1.165) is 11.1 Å². The van der Waals surface area contributed by atoms with E-state index in [9.17, 15) is 18.3 Å². The number of aromatic nitrogens is 1. The van der Waals surface area contributed by atoms with Gasteiger partial charge in [-0.2, -0.15) is 4.31 Å². The maximum absolute atomic E-state index is 13.6. The number of likely N-dealkylation sites (N-methyl/N-ethyl adjacent to an activating group) is 2. The fourth-order valence-corrected chi connectivity index (χ4v) is 5.76. The van der Waals surface area contributed by atoms with Gasteiger partial charge in [0.15, 0.2) is 0 Å². The number of amides is 1. The number of hydrogen-bond donors (Lipinski definition) is 1. The predicted octanol–water partition coefficient (Wildman–Crippen LogP) is 1.54. The molecule has 0 radical (unpaired) electrons. The molecule has 1 aliphatic heterocycles. The topological polar surface area (TPSA) is 103 Å². The monoisotopic (exact) mass is 490 g/mol. The zero-order valence-corrected chi connectivity index (χ0v) is 21.2. The third kappa shape index (κ3) is 5.75. The fraction of sp³-hybridized carbons (Fsp3) is 0.500. The zero-order chi connectivity index (χ0) is 25.0. The van der Waals surface area contributed by atoms with Crippen molar-refractivity contribution in [3.8, 4) is 16.9 Å². The maximum Gasteiger partial charge on any atom is 0.247 e. The molecule has 9 nitrogen and oxygen atoms in total. The van der Waals surface area contributed by atoms with E-state index >= 15 is 0 Å². The summed E-state index contributed by atoms with van der Waals surface area (Å²) in [5.74, 6) is -0.0626. The SMILES string of the molecule is C[C@H]1CN([C@@H](C)CO)S(=O)(=O)c2ccc(-c3ccncc3)cc2O[C@@H]1CN(C)C(=O)CN(C)C. The summed E-state index contributed by atoms with van der Waals surface area (Å²) in [6, 6.07) is 8.08. The van der Waals surface area contributed by atoms with Crippen LogP contribution in [-0.4, -0.2) is 98.1 Å². The molecule has 0 saturated carbocycles. The van der Waals surface area contributed by atoms with Gasteiger partial charge in [-0.3, -0.25) is 9.78 Å². The molecule has 3 rings (SSSR count). The summed E-state index contributed by atoms with van der Waals surface area (Å²) in [6.45, 7) is 4.01. The highest BCUT2D eigenvalue weighted by atomic mass is 32.2. The van der Waals surface area contributed by atoms with Crippen LogP contribution in [0.15, 0.2) is 47.6 Å². The fourth-order valence-electron chi connectivity index (χ4n) is 3.93. The van der Waals surface area contributed by atoms with Crippen LogP contribution in [0, 0.1) is 5.92 Å². The summed E-state index contributed by atoms with van der Waals surface area (Å²) in [7, 11) is 1.46. The number of hydrogen-bond acceptors (Lipinski definition) is 7. The number of ether oxygens (including phenoxy) is 1. The van der Waals surface area contributed by atoms with Crippen LogP contribution in [-0.2, 0) is 14.8 Å². The van der Waals surface area contributed by atoms with E-state index in [1.165, 1.54) is 4.31 Å². The van der Waals surface area contributed by atoms with Gasteiger partial charge in [0.05, 0.1) is 19.7 Å². The number of nitrogens with zero attached hydrogens (tertiary/aromatic N) is 4. The number of sulfonamides is 1. The van der Waals surface area contributed by atoms with Crippen molar-refractivity contribution in [1.82, 2.24) is 19.1 Å². The molecule has 3 atom stereocenters.